The summed E-state index contributed by atoms with van der Waals surface area (Å²) in [5, 5.41) is 4.20. The third-order valence-electron chi connectivity index (χ3n) is 5.37. The van der Waals surface area contributed by atoms with E-state index in [2.05, 4.69) is 53.6 Å². The molecule has 5 heteroatoms. The Morgan fingerprint density at radius 2 is 1.90 bits per heavy atom. The zero-order valence-corrected chi connectivity index (χ0v) is 17.3. The molecule has 4 rings (SSSR count). The highest BCUT2D eigenvalue weighted by Gasteiger charge is 2.28. The average Bonchev–Trinajstić information content (AvgIpc) is 3.13. The second-order valence-electron chi connectivity index (χ2n) is 7.74. The molecular weight excluding hydrogens is 382 g/mol. The number of halogens is 1. The smallest absolute Gasteiger partial charge is 0.123 e. The van der Waals surface area contributed by atoms with Crippen LogP contribution in [0.4, 0.5) is 5.82 Å². The molecule has 3 aromatic rings. The molecule has 0 amide bonds. The number of nitrogen functional groups attached to an aromatic ring is 1. The van der Waals surface area contributed by atoms with Gasteiger partial charge in [-0.2, -0.15) is 0 Å². The van der Waals surface area contributed by atoms with Gasteiger partial charge < -0.3 is 15.8 Å². The highest BCUT2D eigenvalue weighted by Crippen LogP contribution is 2.24. The normalized spacial score (nSPS) is 18.8. The van der Waals surface area contributed by atoms with Crippen molar-refractivity contribution in [2.75, 3.05) is 18.8 Å². The van der Waals surface area contributed by atoms with Crippen LogP contribution in [0.2, 0.25) is 5.02 Å². The van der Waals surface area contributed by atoms with Gasteiger partial charge in [-0.05, 0) is 59.9 Å². The third-order valence-corrected chi connectivity index (χ3v) is 5.60. The van der Waals surface area contributed by atoms with E-state index in [-0.39, 0.29) is 6.10 Å². The summed E-state index contributed by atoms with van der Waals surface area (Å²) in [5.74, 6) is 0.984. The first-order valence-electron chi connectivity index (χ1n) is 9.97. The molecule has 150 valence electrons. The second kappa shape index (κ2) is 8.95. The van der Waals surface area contributed by atoms with Gasteiger partial charge in [0.2, 0.25) is 0 Å². The van der Waals surface area contributed by atoms with Gasteiger partial charge >= 0.3 is 0 Å². The van der Waals surface area contributed by atoms with Gasteiger partial charge in [-0.3, -0.25) is 0 Å². The lowest BCUT2D eigenvalue weighted by atomic mass is 9.98. The lowest BCUT2D eigenvalue weighted by Crippen LogP contribution is -2.24. The minimum atomic E-state index is 0.172. The summed E-state index contributed by atoms with van der Waals surface area (Å²) in [4.78, 5) is 4.48. The van der Waals surface area contributed by atoms with Crippen molar-refractivity contribution in [3.63, 3.8) is 0 Å². The Kier molecular flexibility index (Phi) is 6.14. The van der Waals surface area contributed by atoms with Gasteiger partial charge in [0, 0.05) is 29.7 Å². The summed E-state index contributed by atoms with van der Waals surface area (Å²) in [7, 11) is 0. The number of benzene rings is 2. The summed E-state index contributed by atoms with van der Waals surface area (Å²) in [5.41, 5.74) is 11.5. The Bertz CT molecular complexity index is 954. The fourth-order valence-electron chi connectivity index (χ4n) is 3.91. The first-order chi connectivity index (χ1) is 14.1. The van der Waals surface area contributed by atoms with Crippen molar-refractivity contribution in [2.24, 2.45) is 5.92 Å². The molecule has 0 spiro atoms. The van der Waals surface area contributed by atoms with E-state index in [1.165, 1.54) is 5.56 Å². The standard InChI is InChI=1S/C24H26ClN3O/c1-16-9-22(28-24(26)10-16)12-20-13-27-14-23(20)29-15-17-5-7-18(8-6-17)19-3-2-4-21(25)11-19/h2-11,20,23,27H,12-15H2,1H3,(H2,26,28)/t20-,23+/m1/s1. The van der Waals surface area contributed by atoms with Crippen LogP contribution < -0.4 is 11.1 Å². The van der Waals surface area contributed by atoms with Crippen molar-refractivity contribution < 1.29 is 4.74 Å². The Labute approximate surface area is 177 Å². The summed E-state index contributed by atoms with van der Waals surface area (Å²) >= 11 is 6.10. The number of nitrogens with zero attached hydrogens (tertiary/aromatic N) is 1. The van der Waals surface area contributed by atoms with Crippen LogP contribution >= 0.6 is 11.6 Å². The zero-order chi connectivity index (χ0) is 20.2. The number of rotatable bonds is 6. The fourth-order valence-corrected chi connectivity index (χ4v) is 4.10. The quantitative estimate of drug-likeness (QED) is 0.624. The van der Waals surface area contributed by atoms with Gasteiger partial charge in [-0.15, -0.1) is 0 Å². The topological polar surface area (TPSA) is 60.2 Å². The van der Waals surface area contributed by atoms with Crippen LogP contribution in [0.5, 0.6) is 0 Å². The number of hydrogen-bond acceptors (Lipinski definition) is 4. The van der Waals surface area contributed by atoms with E-state index in [1.54, 1.807) is 0 Å². The molecule has 1 saturated heterocycles. The molecule has 1 aliphatic rings. The van der Waals surface area contributed by atoms with Crippen molar-refractivity contribution in [3.8, 4) is 11.1 Å². The van der Waals surface area contributed by atoms with E-state index in [4.69, 9.17) is 22.1 Å². The SMILES string of the molecule is Cc1cc(N)nc(C[C@@H]2CNC[C@@H]2OCc2ccc(-c3cccc(Cl)c3)cc2)c1. The van der Waals surface area contributed by atoms with Gasteiger partial charge in [0.1, 0.15) is 5.82 Å². The second-order valence-corrected chi connectivity index (χ2v) is 8.18. The van der Waals surface area contributed by atoms with E-state index in [0.29, 0.717) is 18.3 Å². The predicted molar refractivity (Wildman–Crippen MR) is 119 cm³/mol. The van der Waals surface area contributed by atoms with Crippen molar-refractivity contribution in [2.45, 2.75) is 26.1 Å². The van der Waals surface area contributed by atoms with Gasteiger partial charge in [0.05, 0.1) is 12.7 Å². The van der Waals surface area contributed by atoms with Crippen LogP contribution in [0, 0.1) is 12.8 Å². The van der Waals surface area contributed by atoms with Gasteiger partial charge in [0.25, 0.3) is 0 Å². The number of ether oxygens (including phenoxy) is 1. The van der Waals surface area contributed by atoms with Gasteiger partial charge in [-0.1, -0.05) is 48.0 Å². The van der Waals surface area contributed by atoms with Crippen LogP contribution in [0.1, 0.15) is 16.8 Å². The Balaban J connectivity index is 1.36. The number of pyridine rings is 1. The van der Waals surface area contributed by atoms with Crippen molar-refractivity contribution in [1.82, 2.24) is 10.3 Å². The summed E-state index contributed by atoms with van der Waals surface area (Å²) < 4.78 is 6.26. The number of anilines is 1. The fraction of sp³-hybridized carbons (Fsp3) is 0.292. The molecule has 0 radical (unpaired) electrons. The molecule has 1 aliphatic heterocycles. The number of aryl methyl sites for hydroxylation is 1. The molecule has 0 bridgehead atoms. The molecule has 2 atom stereocenters. The van der Waals surface area contributed by atoms with Gasteiger partial charge in [0.15, 0.2) is 0 Å². The molecule has 1 fully saturated rings. The maximum absolute atomic E-state index is 6.26. The van der Waals surface area contributed by atoms with Crippen molar-refractivity contribution in [3.05, 3.63) is 82.5 Å². The Morgan fingerprint density at radius 1 is 1.07 bits per heavy atom. The molecule has 2 aromatic carbocycles. The lowest BCUT2D eigenvalue weighted by Gasteiger charge is -2.19. The van der Waals surface area contributed by atoms with E-state index in [1.807, 2.05) is 24.3 Å². The molecule has 2 heterocycles. The van der Waals surface area contributed by atoms with Crippen molar-refractivity contribution in [1.29, 1.82) is 0 Å². The predicted octanol–water partition coefficient (Wildman–Crippen LogP) is 4.64. The molecule has 29 heavy (non-hydrogen) atoms. The molecule has 3 N–H and O–H groups in total. The number of aromatic nitrogens is 1. The van der Waals surface area contributed by atoms with Crippen LogP contribution in [0.15, 0.2) is 60.7 Å². The number of nitrogens with one attached hydrogen (secondary N) is 1. The highest BCUT2D eigenvalue weighted by molar-refractivity contribution is 6.30. The maximum atomic E-state index is 6.26. The molecule has 0 saturated carbocycles. The largest absolute Gasteiger partial charge is 0.384 e. The molecule has 4 nitrogen and oxygen atoms in total. The first-order valence-corrected chi connectivity index (χ1v) is 10.3. The minimum absolute atomic E-state index is 0.172. The van der Waals surface area contributed by atoms with E-state index in [0.717, 1.165) is 46.9 Å². The lowest BCUT2D eigenvalue weighted by molar-refractivity contribution is 0.0257. The minimum Gasteiger partial charge on any atom is -0.384 e. The summed E-state index contributed by atoms with van der Waals surface area (Å²) in [6.07, 6.45) is 1.04. The number of hydrogen-bond donors (Lipinski definition) is 2. The van der Waals surface area contributed by atoms with Crippen LogP contribution in [-0.2, 0) is 17.8 Å². The van der Waals surface area contributed by atoms with E-state index in [9.17, 15) is 0 Å². The Morgan fingerprint density at radius 3 is 2.66 bits per heavy atom. The summed E-state index contributed by atoms with van der Waals surface area (Å²) in [6.45, 7) is 4.46. The molecule has 1 aromatic heterocycles. The molecular formula is C24H26ClN3O. The van der Waals surface area contributed by atoms with Gasteiger partial charge in [-0.25, -0.2) is 4.98 Å². The molecule has 0 unspecified atom stereocenters. The van der Waals surface area contributed by atoms with Crippen LogP contribution in [0.25, 0.3) is 11.1 Å². The first kappa shape index (κ1) is 19.9. The number of nitrogens with two attached hydrogens (primary N) is 1. The van der Waals surface area contributed by atoms with Crippen LogP contribution in [-0.4, -0.2) is 24.2 Å². The highest BCUT2D eigenvalue weighted by atomic mass is 35.5. The average molecular weight is 408 g/mol. The third kappa shape index (κ3) is 5.15. The zero-order valence-electron chi connectivity index (χ0n) is 16.6. The maximum Gasteiger partial charge on any atom is 0.123 e. The van der Waals surface area contributed by atoms with E-state index >= 15 is 0 Å². The molecule has 0 aliphatic carbocycles. The Hall–Kier alpha value is -2.40. The monoisotopic (exact) mass is 407 g/mol. The van der Waals surface area contributed by atoms with E-state index < -0.39 is 0 Å². The van der Waals surface area contributed by atoms with Crippen molar-refractivity contribution >= 4 is 17.4 Å². The summed E-state index contributed by atoms with van der Waals surface area (Å²) in [6, 6.07) is 20.4. The van der Waals surface area contributed by atoms with Crippen LogP contribution in [0.3, 0.4) is 0 Å².